The van der Waals surface area contributed by atoms with Gasteiger partial charge in [0.2, 0.25) is 10.0 Å². The molecule has 1 fully saturated rings. The number of nitrogens with one attached hydrogen (secondary N) is 1. The molecule has 1 N–H and O–H groups in total. The minimum atomic E-state index is -3.65. The summed E-state index contributed by atoms with van der Waals surface area (Å²) in [4.78, 5) is 0.0835. The van der Waals surface area contributed by atoms with Crippen LogP contribution >= 0.6 is 11.6 Å². The quantitative estimate of drug-likeness (QED) is 0.892. The van der Waals surface area contributed by atoms with Crippen molar-refractivity contribution in [1.29, 1.82) is 5.26 Å². The highest BCUT2D eigenvalue weighted by Crippen LogP contribution is 2.28. The van der Waals surface area contributed by atoms with E-state index >= 15 is 0 Å². The molecule has 22 heavy (non-hydrogen) atoms. The van der Waals surface area contributed by atoms with Crippen LogP contribution in [0, 0.1) is 11.3 Å². The van der Waals surface area contributed by atoms with Crippen molar-refractivity contribution in [2.45, 2.75) is 37.1 Å². The molecule has 0 amide bonds. The molecule has 1 aliphatic rings. The van der Waals surface area contributed by atoms with Crippen LogP contribution in [0.2, 0.25) is 5.02 Å². The number of hydrogen-bond acceptors (Lipinski definition) is 4. The number of rotatable bonds is 5. The van der Waals surface area contributed by atoms with E-state index in [1.165, 1.54) is 18.2 Å². The fourth-order valence-corrected chi connectivity index (χ4v) is 5.02. The average Bonchev–Trinajstić information content (AvgIpc) is 2.52. The van der Waals surface area contributed by atoms with Gasteiger partial charge in [-0.05, 0) is 50.6 Å². The summed E-state index contributed by atoms with van der Waals surface area (Å²) in [5.74, 6) is 0. The lowest BCUT2D eigenvalue weighted by atomic mass is 10.1. The number of sulfonamides is 1. The summed E-state index contributed by atoms with van der Waals surface area (Å²) in [6, 6.07) is 6.29. The number of benzene rings is 1. The maximum atomic E-state index is 13.0. The van der Waals surface area contributed by atoms with E-state index in [0.29, 0.717) is 12.1 Å². The van der Waals surface area contributed by atoms with Crippen molar-refractivity contribution in [3.8, 4) is 6.07 Å². The summed E-state index contributed by atoms with van der Waals surface area (Å²) in [5.41, 5.74) is 0.354. The van der Waals surface area contributed by atoms with Gasteiger partial charge in [0, 0.05) is 12.6 Å². The topological polar surface area (TPSA) is 73.2 Å². The van der Waals surface area contributed by atoms with Gasteiger partial charge in [-0.15, -0.1) is 0 Å². The van der Waals surface area contributed by atoms with E-state index in [9.17, 15) is 8.42 Å². The van der Waals surface area contributed by atoms with Crippen LogP contribution in [0.15, 0.2) is 23.1 Å². The zero-order chi connectivity index (χ0) is 16.2. The van der Waals surface area contributed by atoms with Crippen LogP contribution in [0.25, 0.3) is 0 Å². The Bertz CT molecular complexity index is 664. The third-order valence-corrected chi connectivity index (χ3v) is 6.24. The standard InChI is InChI=1S/C15H20ClN3O2S/c1-2-9-19(13-5-7-18-8-6-13)22(20,21)15-4-3-12(11-17)10-14(15)16/h3-4,10,13,18H,2,5-9H2,1H3. The summed E-state index contributed by atoms with van der Waals surface area (Å²) in [5, 5.41) is 12.2. The van der Waals surface area contributed by atoms with Gasteiger partial charge in [0.25, 0.3) is 0 Å². The predicted octanol–water partition coefficient (Wildman–Crippen LogP) is 2.36. The zero-order valence-corrected chi connectivity index (χ0v) is 14.1. The normalized spacial score (nSPS) is 16.6. The van der Waals surface area contributed by atoms with Gasteiger partial charge >= 0.3 is 0 Å². The Kier molecular flexibility index (Phi) is 5.81. The molecule has 1 aromatic rings. The first kappa shape index (κ1) is 17.2. The first-order chi connectivity index (χ1) is 10.5. The van der Waals surface area contributed by atoms with Crippen molar-refractivity contribution < 1.29 is 8.42 Å². The van der Waals surface area contributed by atoms with Crippen LogP contribution in [0.4, 0.5) is 0 Å². The van der Waals surface area contributed by atoms with Gasteiger partial charge in [-0.3, -0.25) is 0 Å². The molecule has 7 heteroatoms. The molecule has 0 saturated carbocycles. The van der Waals surface area contributed by atoms with Crippen molar-refractivity contribution in [3.63, 3.8) is 0 Å². The molecule has 1 heterocycles. The smallest absolute Gasteiger partial charge is 0.244 e. The molecule has 1 aliphatic heterocycles. The summed E-state index contributed by atoms with van der Waals surface area (Å²) < 4.78 is 27.5. The second-order valence-electron chi connectivity index (χ2n) is 5.35. The van der Waals surface area contributed by atoms with Crippen LogP contribution in [0.3, 0.4) is 0 Å². The van der Waals surface area contributed by atoms with Crippen LogP contribution in [0.5, 0.6) is 0 Å². The molecule has 0 bridgehead atoms. The Morgan fingerprint density at radius 2 is 2.09 bits per heavy atom. The summed E-state index contributed by atoms with van der Waals surface area (Å²) in [6.07, 6.45) is 2.34. The first-order valence-electron chi connectivity index (χ1n) is 7.43. The van der Waals surface area contributed by atoms with Crippen molar-refractivity contribution in [1.82, 2.24) is 9.62 Å². The van der Waals surface area contributed by atoms with E-state index in [1.54, 1.807) is 4.31 Å². The number of nitrogens with zero attached hydrogens (tertiary/aromatic N) is 2. The third kappa shape index (κ3) is 3.61. The highest BCUT2D eigenvalue weighted by atomic mass is 35.5. The van der Waals surface area contributed by atoms with Gasteiger partial charge in [0.1, 0.15) is 4.90 Å². The predicted molar refractivity (Wildman–Crippen MR) is 86.2 cm³/mol. The molecule has 0 radical (unpaired) electrons. The first-order valence-corrected chi connectivity index (χ1v) is 9.24. The molecular formula is C15H20ClN3O2S. The number of hydrogen-bond donors (Lipinski definition) is 1. The van der Waals surface area contributed by atoms with Gasteiger partial charge in [0.15, 0.2) is 0 Å². The lowest BCUT2D eigenvalue weighted by Gasteiger charge is -2.33. The highest BCUT2D eigenvalue weighted by Gasteiger charge is 2.33. The second kappa shape index (κ2) is 7.42. The Hall–Kier alpha value is -1.13. The third-order valence-electron chi connectivity index (χ3n) is 3.81. The summed E-state index contributed by atoms with van der Waals surface area (Å²) in [7, 11) is -3.65. The van der Waals surface area contributed by atoms with E-state index in [0.717, 1.165) is 32.4 Å². The van der Waals surface area contributed by atoms with Crippen LogP contribution in [-0.4, -0.2) is 38.4 Å². The molecule has 0 unspecified atom stereocenters. The number of halogens is 1. The molecule has 0 aliphatic carbocycles. The van der Waals surface area contributed by atoms with E-state index < -0.39 is 10.0 Å². The Balaban J connectivity index is 2.38. The van der Waals surface area contributed by atoms with Gasteiger partial charge in [-0.1, -0.05) is 18.5 Å². The molecule has 0 spiro atoms. The SMILES string of the molecule is CCCN(C1CCNCC1)S(=O)(=O)c1ccc(C#N)cc1Cl. The van der Waals surface area contributed by atoms with Crippen molar-refractivity contribution in [2.75, 3.05) is 19.6 Å². The fourth-order valence-electron chi connectivity index (χ4n) is 2.72. The van der Waals surface area contributed by atoms with E-state index in [-0.39, 0.29) is 16.0 Å². The van der Waals surface area contributed by atoms with Gasteiger partial charge in [-0.25, -0.2) is 8.42 Å². The Labute approximate surface area is 136 Å². The summed E-state index contributed by atoms with van der Waals surface area (Å²) >= 11 is 6.11. The minimum absolute atomic E-state index is 0.00194. The molecular weight excluding hydrogens is 322 g/mol. The maximum absolute atomic E-state index is 13.0. The average molecular weight is 342 g/mol. The molecule has 1 aromatic carbocycles. The van der Waals surface area contributed by atoms with Gasteiger partial charge in [0.05, 0.1) is 16.7 Å². The molecule has 5 nitrogen and oxygen atoms in total. The Morgan fingerprint density at radius 3 is 2.64 bits per heavy atom. The van der Waals surface area contributed by atoms with Crippen molar-refractivity contribution >= 4 is 21.6 Å². The number of nitriles is 1. The van der Waals surface area contributed by atoms with Crippen LogP contribution in [-0.2, 0) is 10.0 Å². The summed E-state index contributed by atoms with van der Waals surface area (Å²) in [6.45, 7) is 4.08. The molecule has 2 rings (SSSR count). The Morgan fingerprint density at radius 1 is 1.41 bits per heavy atom. The molecule has 1 saturated heterocycles. The van der Waals surface area contributed by atoms with E-state index in [1.807, 2.05) is 13.0 Å². The highest BCUT2D eigenvalue weighted by molar-refractivity contribution is 7.89. The van der Waals surface area contributed by atoms with E-state index in [2.05, 4.69) is 5.32 Å². The fraction of sp³-hybridized carbons (Fsp3) is 0.533. The second-order valence-corrected chi connectivity index (χ2v) is 7.62. The van der Waals surface area contributed by atoms with Gasteiger partial charge < -0.3 is 5.32 Å². The minimum Gasteiger partial charge on any atom is -0.317 e. The largest absolute Gasteiger partial charge is 0.317 e. The zero-order valence-electron chi connectivity index (χ0n) is 12.5. The van der Waals surface area contributed by atoms with Gasteiger partial charge in [-0.2, -0.15) is 9.57 Å². The number of piperidine rings is 1. The monoisotopic (exact) mass is 341 g/mol. The lowest BCUT2D eigenvalue weighted by molar-refractivity contribution is 0.262. The van der Waals surface area contributed by atoms with Crippen LogP contribution < -0.4 is 5.32 Å². The molecule has 120 valence electrons. The van der Waals surface area contributed by atoms with Crippen molar-refractivity contribution in [2.24, 2.45) is 0 Å². The lowest BCUT2D eigenvalue weighted by Crippen LogP contribution is -2.46. The molecule has 0 aromatic heterocycles. The maximum Gasteiger partial charge on any atom is 0.244 e. The van der Waals surface area contributed by atoms with E-state index in [4.69, 9.17) is 16.9 Å². The van der Waals surface area contributed by atoms with Crippen molar-refractivity contribution in [3.05, 3.63) is 28.8 Å². The molecule has 0 atom stereocenters. The van der Waals surface area contributed by atoms with Crippen LogP contribution in [0.1, 0.15) is 31.7 Å².